The van der Waals surface area contributed by atoms with Gasteiger partial charge < -0.3 is 34.6 Å². The molecule has 7 atom stereocenters. The van der Waals surface area contributed by atoms with Crippen LogP contribution in [0.1, 0.15) is 74.6 Å². The number of aliphatic hydroxyl groups is 3. The average Bonchev–Trinajstić information content (AvgIpc) is 3.81. The van der Waals surface area contributed by atoms with Crippen LogP contribution in [0.15, 0.2) is 76.9 Å². The van der Waals surface area contributed by atoms with Gasteiger partial charge in [0, 0.05) is 33.7 Å². The van der Waals surface area contributed by atoms with Crippen molar-refractivity contribution < 1.29 is 53.9 Å². The Morgan fingerprint density at radius 3 is 2.38 bits per heavy atom. The van der Waals surface area contributed by atoms with E-state index in [1.807, 2.05) is 0 Å². The van der Waals surface area contributed by atoms with Crippen molar-refractivity contribution in [1.29, 1.82) is 5.41 Å². The van der Waals surface area contributed by atoms with Gasteiger partial charge in [0.05, 0.1) is 11.8 Å². The minimum Gasteiger partial charge on any atom is -0.504 e. The number of hydrogen-bond acceptors (Lipinski definition) is 12. The van der Waals surface area contributed by atoms with Crippen LogP contribution in [0, 0.1) is 5.41 Å². The number of nitrogens with zero attached hydrogens (tertiary/aromatic N) is 2. The van der Waals surface area contributed by atoms with Crippen LogP contribution in [0.3, 0.4) is 0 Å². The molecule has 270 valence electrons. The number of hydrogen-bond donors (Lipinski definition) is 7. The second-order valence-electron chi connectivity index (χ2n) is 14.0. The average molecular weight is 721 g/mol. The predicted molar refractivity (Wildman–Crippen MR) is 185 cm³/mol. The zero-order valence-electron chi connectivity index (χ0n) is 28.0. The number of nitrogens with one attached hydrogen (secondary N) is 3. The van der Waals surface area contributed by atoms with E-state index >= 15 is 0 Å². The number of para-hydroxylation sites is 1. The number of rotatable bonds is 2. The summed E-state index contributed by atoms with van der Waals surface area (Å²) in [5, 5.41) is 56.1. The number of carbonyl (C=O) groups is 3. The molecule has 9 rings (SSSR count). The van der Waals surface area contributed by atoms with Crippen molar-refractivity contribution >= 4 is 40.7 Å². The minimum absolute atomic E-state index is 0.0735. The molecule has 4 heterocycles. The third-order valence-electron chi connectivity index (χ3n) is 11.0. The van der Waals surface area contributed by atoms with Gasteiger partial charge in [0.25, 0.3) is 11.7 Å². The number of amides is 1. The molecule has 15 heteroatoms. The Morgan fingerprint density at radius 2 is 1.60 bits per heavy atom. The summed E-state index contributed by atoms with van der Waals surface area (Å²) >= 11 is 0. The van der Waals surface area contributed by atoms with E-state index in [2.05, 4.69) is 15.3 Å². The monoisotopic (exact) mass is 720 g/mol. The molecule has 3 aromatic carbocycles. The van der Waals surface area contributed by atoms with Gasteiger partial charge in [0.2, 0.25) is 18.0 Å². The maximum atomic E-state index is 14.1. The zero-order valence-corrected chi connectivity index (χ0v) is 28.0. The number of phenols is 1. The molecular weight excluding hydrogens is 686 g/mol. The van der Waals surface area contributed by atoms with E-state index in [0.717, 1.165) is 12.8 Å². The van der Waals surface area contributed by atoms with Crippen molar-refractivity contribution in [3.63, 3.8) is 0 Å². The number of aliphatic hydroxyl groups excluding tert-OH is 3. The SMILES string of the molecule is N=C1N=C2C(=NC[NH+]2c2ccccc2C2C=COC3(CCCC3)C3OC(Oc4c2cc2c(c4O)C(=O)c4ccccc4C2=O)C(O)C(O)C3O)C(=O)N1. The second kappa shape index (κ2) is 12.2. The first kappa shape index (κ1) is 33.3. The molecule has 0 radical (unpaired) electrons. The number of aliphatic imine (C=N–C) groups is 2. The Morgan fingerprint density at radius 1 is 0.887 bits per heavy atom. The maximum Gasteiger partial charge on any atom is 0.284 e. The number of aromatic hydroxyl groups is 1. The number of ether oxygens (including phenoxy) is 3. The molecule has 53 heavy (non-hydrogen) atoms. The molecule has 15 nitrogen and oxygen atoms in total. The van der Waals surface area contributed by atoms with Gasteiger partial charge in [-0.1, -0.05) is 42.5 Å². The van der Waals surface area contributed by atoms with Crippen molar-refractivity contribution in [3.8, 4) is 11.5 Å². The highest BCUT2D eigenvalue weighted by Gasteiger charge is 2.56. The molecule has 0 aromatic heterocycles. The summed E-state index contributed by atoms with van der Waals surface area (Å²) in [7, 11) is 0. The first-order valence-electron chi connectivity index (χ1n) is 17.4. The third-order valence-corrected chi connectivity index (χ3v) is 11.0. The van der Waals surface area contributed by atoms with Crippen molar-refractivity contribution in [1.82, 2.24) is 5.32 Å². The Kier molecular flexibility index (Phi) is 7.69. The van der Waals surface area contributed by atoms with Crippen molar-refractivity contribution in [2.45, 2.75) is 67.9 Å². The lowest BCUT2D eigenvalue weighted by atomic mass is 9.79. The standard InChI is InChI=1S/C38H33N5O10/c39-37-41-34-25(35(50)42-37)40-16-43(34)23-10-4-3-7-18(23)17-11-14-51-38(12-5-6-13-38)33-30(48)29(47)31(49)36(53-33)52-32-21(17)15-22-24(28(32)46)27(45)20-9-2-1-8-19(20)26(22)44/h1-4,7-11,14-15,17,29-31,33,36,46-49H,5-6,12-13,16H2,(H2,39,42,50)/p+1. The summed E-state index contributed by atoms with van der Waals surface area (Å²) in [5.41, 5.74) is 0.187. The third kappa shape index (κ3) is 4.99. The summed E-state index contributed by atoms with van der Waals surface area (Å²) in [5.74, 6) is -3.65. The highest BCUT2D eigenvalue weighted by Crippen LogP contribution is 2.49. The fourth-order valence-electron chi connectivity index (χ4n) is 8.47. The molecule has 1 saturated carbocycles. The number of amidine groups is 1. The van der Waals surface area contributed by atoms with Crippen LogP contribution in [-0.4, -0.2) is 98.4 Å². The molecule has 3 aromatic rings. The van der Waals surface area contributed by atoms with Crippen molar-refractivity contribution in [2.75, 3.05) is 6.67 Å². The van der Waals surface area contributed by atoms with Gasteiger partial charge in [-0.05, 0) is 43.9 Å². The van der Waals surface area contributed by atoms with E-state index in [0.29, 0.717) is 29.0 Å². The van der Waals surface area contributed by atoms with E-state index < -0.39 is 65.4 Å². The Labute approximate surface area is 301 Å². The Bertz CT molecular complexity index is 2230. The van der Waals surface area contributed by atoms with E-state index in [1.165, 1.54) is 24.5 Å². The van der Waals surface area contributed by atoms with Gasteiger partial charge in [-0.3, -0.25) is 25.1 Å². The van der Waals surface area contributed by atoms with Gasteiger partial charge in [-0.15, -0.1) is 0 Å². The summed E-state index contributed by atoms with van der Waals surface area (Å²) < 4.78 is 19.1. The fraction of sp³-hybridized carbons (Fsp3) is 0.316. The molecule has 6 aliphatic rings. The lowest BCUT2D eigenvalue weighted by molar-refractivity contribution is -0.723. The number of ketones is 2. The molecule has 2 fully saturated rings. The van der Waals surface area contributed by atoms with Crippen LogP contribution in [0.25, 0.3) is 0 Å². The highest BCUT2D eigenvalue weighted by atomic mass is 16.7. The molecule has 7 unspecified atom stereocenters. The number of benzene rings is 3. The number of allylic oxidation sites excluding steroid dienone is 1. The van der Waals surface area contributed by atoms with Crippen LogP contribution in [0.5, 0.6) is 11.5 Å². The Balaban J connectivity index is 1.28. The number of carbonyl (C=O) groups excluding carboxylic acids is 3. The summed E-state index contributed by atoms with van der Waals surface area (Å²) in [6, 6.07) is 14.9. The quantitative estimate of drug-likeness (QED) is 0.154. The highest BCUT2D eigenvalue weighted by molar-refractivity contribution is 6.68. The molecule has 2 aliphatic carbocycles. The predicted octanol–water partition coefficient (Wildman–Crippen LogP) is 0.734. The maximum absolute atomic E-state index is 14.1. The van der Waals surface area contributed by atoms with Gasteiger partial charge in [0.15, 0.2) is 29.7 Å². The number of phenolic OH excluding ortho intramolecular Hbond substituents is 1. The summed E-state index contributed by atoms with van der Waals surface area (Å²) in [6.07, 6.45) is -2.34. The van der Waals surface area contributed by atoms with Crippen LogP contribution < -0.4 is 15.0 Å². The number of fused-ring (bicyclic) bond motifs is 7. The molecule has 2 bridgehead atoms. The lowest BCUT2D eigenvalue weighted by Crippen LogP contribution is -3.09. The van der Waals surface area contributed by atoms with E-state index in [4.69, 9.17) is 19.6 Å². The normalized spacial score (nSPS) is 29.8. The summed E-state index contributed by atoms with van der Waals surface area (Å²) in [4.78, 5) is 50.0. The molecule has 1 amide bonds. The van der Waals surface area contributed by atoms with Gasteiger partial charge in [0.1, 0.15) is 35.7 Å². The topological polar surface area (TPSA) is 225 Å². The van der Waals surface area contributed by atoms with Crippen molar-refractivity contribution in [2.24, 2.45) is 9.98 Å². The smallest absolute Gasteiger partial charge is 0.284 e. The molecular formula is C38H34N5O10+. The Hall–Kier alpha value is -5.58. The minimum atomic E-state index is -1.80. The molecule has 1 spiro atoms. The molecule has 1 saturated heterocycles. The summed E-state index contributed by atoms with van der Waals surface area (Å²) in [6.45, 7) is 0.0735. The van der Waals surface area contributed by atoms with E-state index in [1.54, 1.807) is 42.5 Å². The van der Waals surface area contributed by atoms with Gasteiger partial charge in [-0.2, -0.15) is 4.99 Å². The van der Waals surface area contributed by atoms with E-state index in [-0.39, 0.29) is 57.7 Å². The fourth-order valence-corrected chi connectivity index (χ4v) is 8.47. The largest absolute Gasteiger partial charge is 0.504 e. The zero-order chi connectivity index (χ0) is 36.8. The first-order chi connectivity index (χ1) is 25.6. The van der Waals surface area contributed by atoms with Crippen LogP contribution in [0.2, 0.25) is 0 Å². The number of guanidine groups is 1. The molecule has 7 N–H and O–H groups in total. The second-order valence-corrected chi connectivity index (χ2v) is 14.0. The molecule has 4 aliphatic heterocycles. The van der Waals surface area contributed by atoms with Crippen LogP contribution >= 0.6 is 0 Å². The lowest BCUT2D eigenvalue weighted by Gasteiger charge is -2.47. The van der Waals surface area contributed by atoms with E-state index in [9.17, 15) is 34.8 Å². The number of quaternary nitrogens is 1. The van der Waals surface area contributed by atoms with Gasteiger partial charge >= 0.3 is 0 Å². The first-order valence-corrected chi connectivity index (χ1v) is 17.4. The van der Waals surface area contributed by atoms with Crippen molar-refractivity contribution in [3.05, 3.63) is 100 Å². The van der Waals surface area contributed by atoms with Gasteiger partial charge in [-0.25, -0.2) is 9.89 Å². The van der Waals surface area contributed by atoms with Crippen LogP contribution in [-0.2, 0) is 14.3 Å². The van der Waals surface area contributed by atoms with Crippen LogP contribution in [0.4, 0.5) is 5.69 Å².